The molecule has 1 aromatic carbocycles. The van der Waals surface area contributed by atoms with Crippen molar-refractivity contribution in [3.63, 3.8) is 0 Å². The minimum Gasteiger partial charge on any atom is -0.477 e. The molecular formula is C15H15NO3. The summed E-state index contributed by atoms with van der Waals surface area (Å²) in [4.78, 5) is 22.5. The Labute approximate surface area is 111 Å². The number of carboxylic acids is 1. The van der Waals surface area contributed by atoms with Crippen molar-refractivity contribution in [3.8, 4) is 0 Å². The normalized spacial score (nSPS) is 10.4. The summed E-state index contributed by atoms with van der Waals surface area (Å²) in [6.45, 7) is 3.86. The minimum absolute atomic E-state index is 0.130. The molecule has 19 heavy (non-hydrogen) atoms. The van der Waals surface area contributed by atoms with Gasteiger partial charge in [0.05, 0.1) is 0 Å². The Balaban J connectivity index is 2.35. The van der Waals surface area contributed by atoms with Gasteiger partial charge in [-0.3, -0.25) is 4.79 Å². The number of aromatic carboxylic acids is 1. The number of carbonyl (C=O) groups is 2. The van der Waals surface area contributed by atoms with Crippen molar-refractivity contribution in [2.24, 2.45) is 0 Å². The van der Waals surface area contributed by atoms with Crippen LogP contribution in [0.1, 0.15) is 38.9 Å². The summed E-state index contributed by atoms with van der Waals surface area (Å²) in [5, 5.41) is 9.15. The van der Waals surface area contributed by atoms with Crippen molar-refractivity contribution in [1.29, 1.82) is 0 Å². The maximum Gasteiger partial charge on any atom is 0.352 e. The van der Waals surface area contributed by atoms with Gasteiger partial charge in [-0.25, -0.2) is 4.79 Å². The Bertz CT molecular complexity index is 623. The number of benzene rings is 1. The third kappa shape index (κ3) is 2.91. The van der Waals surface area contributed by atoms with Gasteiger partial charge in [-0.05, 0) is 25.5 Å². The molecule has 1 heterocycles. The van der Waals surface area contributed by atoms with E-state index >= 15 is 0 Å². The van der Waals surface area contributed by atoms with E-state index in [2.05, 4.69) is 0 Å². The Morgan fingerprint density at radius 2 is 1.84 bits per heavy atom. The van der Waals surface area contributed by atoms with Gasteiger partial charge in [0.15, 0.2) is 5.78 Å². The summed E-state index contributed by atoms with van der Waals surface area (Å²) < 4.78 is 1.59. The summed E-state index contributed by atoms with van der Waals surface area (Å²) in [6.07, 6.45) is 1.59. The van der Waals surface area contributed by atoms with E-state index in [-0.39, 0.29) is 11.5 Å². The number of ketones is 1. The van der Waals surface area contributed by atoms with Gasteiger partial charge in [-0.15, -0.1) is 0 Å². The number of Topliss-reactive ketones (excluding diaryl/α,β-unsaturated/α-hetero) is 1. The molecule has 0 atom stereocenters. The van der Waals surface area contributed by atoms with E-state index in [0.29, 0.717) is 12.1 Å². The lowest BCUT2D eigenvalue weighted by molar-refractivity contribution is 0.0685. The van der Waals surface area contributed by atoms with E-state index < -0.39 is 5.97 Å². The maximum absolute atomic E-state index is 11.3. The molecule has 0 bridgehead atoms. The van der Waals surface area contributed by atoms with Gasteiger partial charge >= 0.3 is 5.97 Å². The van der Waals surface area contributed by atoms with E-state index in [1.807, 2.05) is 31.2 Å². The summed E-state index contributed by atoms with van der Waals surface area (Å²) in [7, 11) is 0. The van der Waals surface area contributed by atoms with Crippen LogP contribution < -0.4 is 0 Å². The summed E-state index contributed by atoms with van der Waals surface area (Å²) in [6, 6.07) is 9.28. The highest BCUT2D eigenvalue weighted by Gasteiger charge is 2.14. The molecule has 2 aromatic rings. The summed E-state index contributed by atoms with van der Waals surface area (Å²) in [5.74, 6) is -1.16. The first-order chi connectivity index (χ1) is 8.97. The third-order valence-electron chi connectivity index (χ3n) is 3.00. The molecule has 1 N–H and O–H groups in total. The fourth-order valence-electron chi connectivity index (χ4n) is 1.90. The van der Waals surface area contributed by atoms with Crippen molar-refractivity contribution in [2.75, 3.05) is 0 Å². The van der Waals surface area contributed by atoms with Crippen LogP contribution in [0.3, 0.4) is 0 Å². The first-order valence-corrected chi connectivity index (χ1v) is 5.97. The van der Waals surface area contributed by atoms with Gasteiger partial charge in [0.25, 0.3) is 0 Å². The maximum atomic E-state index is 11.3. The Kier molecular flexibility index (Phi) is 3.51. The van der Waals surface area contributed by atoms with Crippen LogP contribution in [0.25, 0.3) is 0 Å². The summed E-state index contributed by atoms with van der Waals surface area (Å²) in [5.41, 5.74) is 2.70. The molecule has 0 saturated carbocycles. The molecule has 4 nitrogen and oxygen atoms in total. The second-order valence-electron chi connectivity index (χ2n) is 4.59. The zero-order chi connectivity index (χ0) is 14.0. The highest BCUT2D eigenvalue weighted by atomic mass is 16.4. The molecule has 4 heteroatoms. The number of rotatable bonds is 4. The molecule has 1 aromatic heterocycles. The predicted molar refractivity (Wildman–Crippen MR) is 71.7 cm³/mol. The van der Waals surface area contributed by atoms with Gasteiger partial charge < -0.3 is 9.67 Å². The second kappa shape index (κ2) is 5.10. The second-order valence-corrected chi connectivity index (χ2v) is 4.59. The Morgan fingerprint density at radius 3 is 2.37 bits per heavy atom. The molecule has 0 aliphatic carbocycles. The van der Waals surface area contributed by atoms with Crippen LogP contribution in [-0.4, -0.2) is 21.4 Å². The quantitative estimate of drug-likeness (QED) is 0.857. The molecule has 0 radical (unpaired) electrons. The van der Waals surface area contributed by atoms with Crippen LogP contribution in [0.4, 0.5) is 0 Å². The number of nitrogens with zero attached hydrogens (tertiary/aromatic N) is 1. The van der Waals surface area contributed by atoms with Crippen LogP contribution in [0.2, 0.25) is 0 Å². The molecule has 0 unspecified atom stereocenters. The SMILES string of the molecule is CC(=O)c1cc(C(=O)O)n(Cc2ccc(C)cc2)c1. The van der Waals surface area contributed by atoms with E-state index in [1.54, 1.807) is 10.8 Å². The number of aryl methyl sites for hydroxylation is 1. The van der Waals surface area contributed by atoms with Crippen molar-refractivity contribution < 1.29 is 14.7 Å². The largest absolute Gasteiger partial charge is 0.477 e. The molecule has 98 valence electrons. The minimum atomic E-state index is -1.03. The van der Waals surface area contributed by atoms with Crippen molar-refractivity contribution in [3.05, 3.63) is 58.9 Å². The average molecular weight is 257 g/mol. The fraction of sp³-hybridized carbons (Fsp3) is 0.200. The zero-order valence-corrected chi connectivity index (χ0v) is 10.9. The van der Waals surface area contributed by atoms with Gasteiger partial charge in [0.2, 0.25) is 0 Å². The molecule has 2 rings (SSSR count). The van der Waals surface area contributed by atoms with Crippen molar-refractivity contribution >= 4 is 11.8 Å². The average Bonchev–Trinajstić information content (AvgIpc) is 2.76. The molecule has 0 aliphatic heterocycles. The smallest absolute Gasteiger partial charge is 0.352 e. The highest BCUT2D eigenvalue weighted by molar-refractivity contribution is 5.97. The molecule has 0 saturated heterocycles. The van der Waals surface area contributed by atoms with E-state index in [9.17, 15) is 9.59 Å². The summed E-state index contributed by atoms with van der Waals surface area (Å²) >= 11 is 0. The number of carboxylic acid groups (broad SMARTS) is 1. The van der Waals surface area contributed by atoms with Gasteiger partial charge in [0.1, 0.15) is 5.69 Å². The van der Waals surface area contributed by atoms with Crippen LogP contribution >= 0.6 is 0 Å². The number of aromatic nitrogens is 1. The van der Waals surface area contributed by atoms with Gasteiger partial charge in [0, 0.05) is 18.3 Å². The van der Waals surface area contributed by atoms with Crippen LogP contribution in [0, 0.1) is 6.92 Å². The Morgan fingerprint density at radius 1 is 1.21 bits per heavy atom. The van der Waals surface area contributed by atoms with Gasteiger partial charge in [-0.1, -0.05) is 29.8 Å². The first-order valence-electron chi connectivity index (χ1n) is 5.97. The van der Waals surface area contributed by atoms with Gasteiger partial charge in [-0.2, -0.15) is 0 Å². The monoisotopic (exact) mass is 257 g/mol. The standard InChI is InChI=1S/C15H15NO3/c1-10-3-5-12(6-4-10)8-16-9-13(11(2)17)7-14(16)15(18)19/h3-7,9H,8H2,1-2H3,(H,18,19). The highest BCUT2D eigenvalue weighted by Crippen LogP contribution is 2.13. The van der Waals surface area contributed by atoms with Crippen molar-refractivity contribution in [2.45, 2.75) is 20.4 Å². The number of carbonyl (C=O) groups excluding carboxylic acids is 1. The first kappa shape index (κ1) is 13.1. The van der Waals surface area contributed by atoms with Crippen LogP contribution in [0.15, 0.2) is 36.5 Å². The van der Waals surface area contributed by atoms with E-state index in [0.717, 1.165) is 11.1 Å². The lowest BCUT2D eigenvalue weighted by Gasteiger charge is -2.06. The number of hydrogen-bond acceptors (Lipinski definition) is 2. The van der Waals surface area contributed by atoms with E-state index in [4.69, 9.17) is 5.11 Å². The molecular weight excluding hydrogens is 242 g/mol. The molecule has 0 aliphatic rings. The predicted octanol–water partition coefficient (Wildman–Crippen LogP) is 2.75. The zero-order valence-electron chi connectivity index (χ0n) is 10.9. The van der Waals surface area contributed by atoms with Crippen LogP contribution in [0.5, 0.6) is 0 Å². The van der Waals surface area contributed by atoms with E-state index in [1.165, 1.54) is 13.0 Å². The lowest BCUT2D eigenvalue weighted by Crippen LogP contribution is -2.08. The third-order valence-corrected chi connectivity index (χ3v) is 3.00. The van der Waals surface area contributed by atoms with Crippen LogP contribution in [-0.2, 0) is 6.54 Å². The molecule has 0 fully saturated rings. The fourth-order valence-corrected chi connectivity index (χ4v) is 1.90. The topological polar surface area (TPSA) is 59.3 Å². The molecule has 0 amide bonds. The number of hydrogen-bond donors (Lipinski definition) is 1. The molecule has 0 spiro atoms. The van der Waals surface area contributed by atoms with Crippen molar-refractivity contribution in [1.82, 2.24) is 4.57 Å². The Hall–Kier alpha value is -2.36. The lowest BCUT2D eigenvalue weighted by atomic mass is 10.1.